The lowest BCUT2D eigenvalue weighted by Crippen LogP contribution is -2.30. The second-order valence-corrected chi connectivity index (χ2v) is 6.20. The Morgan fingerprint density at radius 2 is 2.11 bits per heavy atom. The molecule has 0 aliphatic heterocycles. The first-order chi connectivity index (χ1) is 8.95. The van der Waals surface area contributed by atoms with E-state index in [1.54, 1.807) is 0 Å². The summed E-state index contributed by atoms with van der Waals surface area (Å²) in [7, 11) is 1.38. The Bertz CT molecular complexity index is 558. The summed E-state index contributed by atoms with van der Waals surface area (Å²) in [4.78, 5) is 15.9. The van der Waals surface area contributed by atoms with Gasteiger partial charge >= 0.3 is 5.30 Å². The number of ether oxygens (including phenoxy) is 1. The van der Waals surface area contributed by atoms with Gasteiger partial charge in [0, 0.05) is 5.25 Å². The fourth-order valence-electron chi connectivity index (χ4n) is 1.66. The van der Waals surface area contributed by atoms with Crippen LogP contribution >= 0.6 is 11.8 Å². The summed E-state index contributed by atoms with van der Waals surface area (Å²) in [5.74, 6) is 0.637. The van der Waals surface area contributed by atoms with E-state index in [0.29, 0.717) is 5.89 Å². The third-order valence-corrected chi connectivity index (χ3v) is 4.60. The summed E-state index contributed by atoms with van der Waals surface area (Å²) in [6.45, 7) is 5.99. The smallest absolute Gasteiger partial charge is 0.367 e. The van der Waals surface area contributed by atoms with E-state index in [2.05, 4.69) is 9.72 Å². The third-order valence-electron chi connectivity index (χ3n) is 3.30. The molecule has 5 heteroatoms. The lowest BCUT2D eigenvalue weighted by atomic mass is 9.90. The molecule has 0 aliphatic rings. The fraction of sp³-hybridized carbons (Fsp3) is 0.429. The van der Waals surface area contributed by atoms with Gasteiger partial charge in [-0.15, -0.1) is 0 Å². The first-order valence-corrected chi connectivity index (χ1v) is 6.93. The second kappa shape index (κ2) is 5.25. The number of nitrogens with zero attached hydrogens (tertiary/aromatic N) is 1. The van der Waals surface area contributed by atoms with Crippen molar-refractivity contribution in [3.63, 3.8) is 0 Å². The van der Waals surface area contributed by atoms with E-state index in [9.17, 15) is 4.79 Å². The van der Waals surface area contributed by atoms with Gasteiger partial charge in [-0.1, -0.05) is 32.9 Å². The van der Waals surface area contributed by atoms with E-state index >= 15 is 0 Å². The SMILES string of the molecule is COC(=O)SC(C)C(C)(C)c1nc2ccccc2o1. The van der Waals surface area contributed by atoms with Gasteiger partial charge in [-0.2, -0.15) is 0 Å². The van der Waals surface area contributed by atoms with Crippen LogP contribution in [0.1, 0.15) is 26.7 Å². The van der Waals surface area contributed by atoms with Crippen molar-refractivity contribution in [2.45, 2.75) is 31.4 Å². The van der Waals surface area contributed by atoms with Crippen molar-refractivity contribution in [1.82, 2.24) is 4.98 Å². The molecule has 19 heavy (non-hydrogen) atoms. The number of thioether (sulfide) groups is 1. The average Bonchev–Trinajstić information content (AvgIpc) is 2.82. The maximum absolute atomic E-state index is 11.4. The first kappa shape index (κ1) is 13.9. The molecule has 0 fully saturated rings. The minimum Gasteiger partial charge on any atom is -0.461 e. The quantitative estimate of drug-likeness (QED) is 0.795. The van der Waals surface area contributed by atoms with Crippen LogP contribution in [0.2, 0.25) is 0 Å². The van der Waals surface area contributed by atoms with Gasteiger partial charge in [0.25, 0.3) is 0 Å². The molecular formula is C14H17NO3S. The van der Waals surface area contributed by atoms with Crippen molar-refractivity contribution in [3.8, 4) is 0 Å². The van der Waals surface area contributed by atoms with Crippen molar-refractivity contribution in [1.29, 1.82) is 0 Å². The second-order valence-electron chi connectivity index (χ2n) is 4.92. The average molecular weight is 279 g/mol. The molecule has 1 heterocycles. The van der Waals surface area contributed by atoms with Gasteiger partial charge in [0.15, 0.2) is 5.58 Å². The molecule has 0 amide bonds. The van der Waals surface area contributed by atoms with Crippen molar-refractivity contribution >= 4 is 28.2 Å². The Morgan fingerprint density at radius 1 is 1.42 bits per heavy atom. The molecule has 0 aliphatic carbocycles. The molecule has 0 bridgehead atoms. The van der Waals surface area contributed by atoms with E-state index in [0.717, 1.165) is 22.9 Å². The van der Waals surface area contributed by atoms with Crippen LogP contribution in [0.3, 0.4) is 0 Å². The largest absolute Gasteiger partial charge is 0.461 e. The van der Waals surface area contributed by atoms with Crippen molar-refractivity contribution in [2.75, 3.05) is 7.11 Å². The van der Waals surface area contributed by atoms with E-state index < -0.39 is 0 Å². The number of hydrogen-bond acceptors (Lipinski definition) is 5. The van der Waals surface area contributed by atoms with Crippen LogP contribution in [-0.2, 0) is 10.2 Å². The molecular weight excluding hydrogens is 262 g/mol. The summed E-state index contributed by atoms with van der Waals surface area (Å²) >= 11 is 1.15. The standard InChI is InChI=1S/C14H17NO3S/c1-9(19-13(16)17-4)14(2,3)12-15-10-7-5-6-8-11(10)18-12/h5-9H,1-4H3. The molecule has 1 aromatic carbocycles. The summed E-state index contributed by atoms with van der Waals surface area (Å²) in [6, 6.07) is 7.64. The van der Waals surface area contributed by atoms with Gasteiger partial charge in [0.1, 0.15) is 5.52 Å². The number of aromatic nitrogens is 1. The Balaban J connectivity index is 2.29. The number of para-hydroxylation sites is 2. The molecule has 1 aromatic heterocycles. The highest BCUT2D eigenvalue weighted by molar-refractivity contribution is 8.13. The van der Waals surface area contributed by atoms with E-state index in [1.165, 1.54) is 7.11 Å². The molecule has 4 nitrogen and oxygen atoms in total. The van der Waals surface area contributed by atoms with Crippen LogP contribution in [0.25, 0.3) is 11.1 Å². The number of carbonyl (C=O) groups is 1. The Hall–Kier alpha value is -1.49. The minimum absolute atomic E-state index is 0.00647. The predicted molar refractivity (Wildman–Crippen MR) is 76.5 cm³/mol. The molecule has 2 rings (SSSR count). The Kier molecular flexibility index (Phi) is 3.85. The van der Waals surface area contributed by atoms with Crippen LogP contribution in [0, 0.1) is 0 Å². The first-order valence-electron chi connectivity index (χ1n) is 6.06. The third kappa shape index (κ3) is 2.76. The van der Waals surface area contributed by atoms with Gasteiger partial charge in [0.2, 0.25) is 5.89 Å². The van der Waals surface area contributed by atoms with Crippen LogP contribution in [0.4, 0.5) is 4.79 Å². The van der Waals surface area contributed by atoms with E-state index in [-0.39, 0.29) is 16.0 Å². The topological polar surface area (TPSA) is 52.3 Å². The number of rotatable bonds is 3. The molecule has 1 unspecified atom stereocenters. The number of oxazole rings is 1. The van der Waals surface area contributed by atoms with Crippen LogP contribution in [-0.4, -0.2) is 22.6 Å². The highest BCUT2D eigenvalue weighted by atomic mass is 32.2. The van der Waals surface area contributed by atoms with Gasteiger partial charge in [-0.3, -0.25) is 0 Å². The zero-order chi connectivity index (χ0) is 14.0. The summed E-state index contributed by atoms with van der Waals surface area (Å²) in [5, 5.41) is -0.301. The maximum atomic E-state index is 11.4. The van der Waals surface area contributed by atoms with Crippen molar-refractivity contribution in [2.24, 2.45) is 0 Å². The molecule has 0 N–H and O–H groups in total. The Morgan fingerprint density at radius 3 is 2.74 bits per heavy atom. The van der Waals surface area contributed by atoms with E-state index in [4.69, 9.17) is 4.42 Å². The van der Waals surface area contributed by atoms with Gasteiger partial charge in [-0.25, -0.2) is 9.78 Å². The molecule has 0 saturated carbocycles. The molecule has 102 valence electrons. The highest BCUT2D eigenvalue weighted by Gasteiger charge is 2.35. The number of carbonyl (C=O) groups excluding carboxylic acids is 1. The number of fused-ring (bicyclic) bond motifs is 1. The molecule has 0 spiro atoms. The summed E-state index contributed by atoms with van der Waals surface area (Å²) in [6.07, 6.45) is 0. The highest BCUT2D eigenvalue weighted by Crippen LogP contribution is 2.36. The lowest BCUT2D eigenvalue weighted by Gasteiger charge is -2.26. The normalized spacial score (nSPS) is 13.5. The lowest BCUT2D eigenvalue weighted by molar-refractivity contribution is 0.200. The fourth-order valence-corrected chi connectivity index (χ4v) is 2.44. The molecule has 1 atom stereocenters. The van der Waals surface area contributed by atoms with E-state index in [1.807, 2.05) is 45.0 Å². The van der Waals surface area contributed by atoms with Crippen LogP contribution < -0.4 is 0 Å². The van der Waals surface area contributed by atoms with Gasteiger partial charge in [0.05, 0.1) is 12.5 Å². The predicted octanol–water partition coefficient (Wildman–Crippen LogP) is 3.99. The monoisotopic (exact) mass is 279 g/mol. The summed E-state index contributed by atoms with van der Waals surface area (Å²) in [5.41, 5.74) is 1.24. The Labute approximate surface area is 116 Å². The number of benzene rings is 1. The zero-order valence-electron chi connectivity index (χ0n) is 11.5. The van der Waals surface area contributed by atoms with Gasteiger partial charge < -0.3 is 9.15 Å². The minimum atomic E-state index is -0.363. The van der Waals surface area contributed by atoms with Gasteiger partial charge in [-0.05, 0) is 23.9 Å². The molecule has 0 saturated heterocycles. The van der Waals surface area contributed by atoms with Crippen molar-refractivity contribution in [3.05, 3.63) is 30.2 Å². The van der Waals surface area contributed by atoms with Crippen LogP contribution in [0.5, 0.6) is 0 Å². The molecule has 2 aromatic rings. The zero-order valence-corrected chi connectivity index (χ0v) is 12.3. The van der Waals surface area contributed by atoms with Crippen LogP contribution in [0.15, 0.2) is 28.7 Å². The maximum Gasteiger partial charge on any atom is 0.367 e. The summed E-state index contributed by atoms with van der Waals surface area (Å²) < 4.78 is 10.5. The number of methoxy groups -OCH3 is 1. The number of hydrogen-bond donors (Lipinski definition) is 0. The molecule has 0 radical (unpaired) electrons. The van der Waals surface area contributed by atoms with Crippen molar-refractivity contribution < 1.29 is 13.9 Å².